The normalized spacial score (nSPS) is 14.8. The van der Waals surface area contributed by atoms with Gasteiger partial charge in [-0.2, -0.15) is 0 Å². The Hall–Kier alpha value is -2.57. The lowest BCUT2D eigenvalue weighted by Crippen LogP contribution is -2.57. The van der Waals surface area contributed by atoms with Crippen LogP contribution in [0.3, 0.4) is 0 Å². The second-order valence-electron chi connectivity index (χ2n) is 10.9. The molecule has 36 heavy (non-hydrogen) atoms. The molecule has 0 saturated heterocycles. The first-order chi connectivity index (χ1) is 16.8. The van der Waals surface area contributed by atoms with Crippen LogP contribution in [0.1, 0.15) is 104 Å². The number of unbranched alkanes of at least 4 members (excludes halogenated alkanes) is 1. The van der Waals surface area contributed by atoms with Gasteiger partial charge >= 0.3 is 6.09 Å². The van der Waals surface area contributed by atoms with Crippen molar-refractivity contribution in [2.24, 2.45) is 5.92 Å². The van der Waals surface area contributed by atoms with Crippen molar-refractivity contribution in [3.63, 3.8) is 0 Å². The number of amides is 3. The van der Waals surface area contributed by atoms with Gasteiger partial charge in [-0.3, -0.25) is 9.59 Å². The van der Waals surface area contributed by atoms with Crippen LogP contribution < -0.4 is 10.6 Å². The number of benzene rings is 1. The topological polar surface area (TPSA) is 87.7 Å². The standard InChI is InChI=1S/C29H49N3O4/c1-11-14-18-30-26(33)25(23-20(5)16-15-17-21(23)6)32(22(7)13-3)27(34)24(19(4)12-2)31-28(35)36-29(8,9)10/h15-17,19,22,24-25H,11-14,18H2,1-10H3,(H,30,33)(H,31,35). The zero-order valence-corrected chi connectivity index (χ0v) is 24.2. The van der Waals surface area contributed by atoms with E-state index in [9.17, 15) is 14.4 Å². The quantitative estimate of drug-likeness (QED) is 0.352. The van der Waals surface area contributed by atoms with E-state index in [-0.39, 0.29) is 23.8 Å². The SMILES string of the molecule is CCCCNC(=O)C(c1c(C)cccc1C)N(C(=O)C(NC(=O)OC(C)(C)C)C(C)CC)C(C)CC. The molecule has 0 aliphatic rings. The Labute approximate surface area is 218 Å². The average molecular weight is 504 g/mol. The Morgan fingerprint density at radius 3 is 2.06 bits per heavy atom. The summed E-state index contributed by atoms with van der Waals surface area (Å²) in [5, 5.41) is 5.89. The summed E-state index contributed by atoms with van der Waals surface area (Å²) >= 11 is 0. The summed E-state index contributed by atoms with van der Waals surface area (Å²) in [5.41, 5.74) is 2.04. The van der Waals surface area contributed by atoms with Gasteiger partial charge < -0.3 is 20.3 Å². The molecule has 0 aliphatic heterocycles. The molecule has 4 atom stereocenters. The Morgan fingerprint density at radius 2 is 1.58 bits per heavy atom. The first kappa shape index (κ1) is 31.5. The number of hydrogen-bond donors (Lipinski definition) is 2. The summed E-state index contributed by atoms with van der Waals surface area (Å²) in [5.74, 6) is -0.629. The first-order valence-corrected chi connectivity index (χ1v) is 13.4. The molecule has 0 fully saturated rings. The fourth-order valence-corrected chi connectivity index (χ4v) is 4.21. The van der Waals surface area contributed by atoms with Crippen molar-refractivity contribution >= 4 is 17.9 Å². The largest absolute Gasteiger partial charge is 0.444 e. The smallest absolute Gasteiger partial charge is 0.408 e. The van der Waals surface area contributed by atoms with Gasteiger partial charge in [0, 0.05) is 12.6 Å². The van der Waals surface area contributed by atoms with Crippen LogP contribution in [0.2, 0.25) is 0 Å². The van der Waals surface area contributed by atoms with Gasteiger partial charge in [-0.05, 0) is 77.0 Å². The van der Waals surface area contributed by atoms with Gasteiger partial charge in [0.15, 0.2) is 0 Å². The number of nitrogens with one attached hydrogen (secondary N) is 2. The van der Waals surface area contributed by atoms with E-state index in [2.05, 4.69) is 17.6 Å². The molecule has 4 unspecified atom stereocenters. The third-order valence-electron chi connectivity index (χ3n) is 6.64. The van der Waals surface area contributed by atoms with Crippen molar-refractivity contribution in [1.82, 2.24) is 15.5 Å². The fourth-order valence-electron chi connectivity index (χ4n) is 4.21. The lowest BCUT2D eigenvalue weighted by atomic mass is 9.90. The third-order valence-corrected chi connectivity index (χ3v) is 6.64. The molecule has 204 valence electrons. The number of carbonyl (C=O) groups excluding carboxylic acids is 3. The van der Waals surface area contributed by atoms with Crippen molar-refractivity contribution in [2.75, 3.05) is 6.54 Å². The Balaban J connectivity index is 3.62. The Kier molecular flexibility index (Phi) is 12.4. The number of ether oxygens (including phenoxy) is 1. The van der Waals surface area contributed by atoms with Crippen molar-refractivity contribution < 1.29 is 19.1 Å². The third kappa shape index (κ3) is 8.82. The second-order valence-corrected chi connectivity index (χ2v) is 10.9. The minimum absolute atomic E-state index is 0.154. The molecular weight excluding hydrogens is 454 g/mol. The first-order valence-electron chi connectivity index (χ1n) is 13.4. The summed E-state index contributed by atoms with van der Waals surface area (Å²) in [6.07, 6.45) is 2.52. The maximum absolute atomic E-state index is 14.3. The van der Waals surface area contributed by atoms with Crippen LogP contribution in [0.25, 0.3) is 0 Å². The second kappa shape index (κ2) is 14.2. The van der Waals surface area contributed by atoms with Gasteiger partial charge in [0.2, 0.25) is 11.8 Å². The monoisotopic (exact) mass is 503 g/mol. The molecule has 0 bridgehead atoms. The lowest BCUT2D eigenvalue weighted by Gasteiger charge is -2.40. The summed E-state index contributed by atoms with van der Waals surface area (Å²) in [6.45, 7) is 19.8. The van der Waals surface area contributed by atoms with Crippen LogP contribution in [0, 0.1) is 19.8 Å². The number of alkyl carbamates (subject to hydrolysis) is 1. The predicted octanol–water partition coefficient (Wildman–Crippen LogP) is 5.83. The Bertz CT molecular complexity index is 858. The summed E-state index contributed by atoms with van der Waals surface area (Å²) < 4.78 is 5.48. The number of hydrogen-bond acceptors (Lipinski definition) is 4. The molecule has 0 heterocycles. The van der Waals surface area contributed by atoms with Crippen LogP contribution in [-0.4, -0.2) is 47.0 Å². The zero-order valence-electron chi connectivity index (χ0n) is 24.2. The summed E-state index contributed by atoms with van der Waals surface area (Å²) in [4.78, 5) is 42.5. The zero-order chi connectivity index (χ0) is 27.6. The highest BCUT2D eigenvalue weighted by Gasteiger charge is 2.40. The van der Waals surface area contributed by atoms with E-state index >= 15 is 0 Å². The number of aryl methyl sites for hydroxylation is 2. The van der Waals surface area contributed by atoms with Crippen molar-refractivity contribution in [3.8, 4) is 0 Å². The van der Waals surface area contributed by atoms with E-state index in [1.807, 2.05) is 59.7 Å². The number of nitrogens with zero attached hydrogens (tertiary/aromatic N) is 1. The molecule has 0 saturated carbocycles. The van der Waals surface area contributed by atoms with Gasteiger partial charge in [-0.1, -0.05) is 58.7 Å². The summed E-state index contributed by atoms with van der Waals surface area (Å²) in [6, 6.07) is 4.04. The maximum Gasteiger partial charge on any atom is 0.408 e. The molecule has 1 aromatic rings. The highest BCUT2D eigenvalue weighted by molar-refractivity contribution is 5.93. The van der Waals surface area contributed by atoms with E-state index in [0.29, 0.717) is 19.4 Å². The molecule has 3 amide bonds. The minimum Gasteiger partial charge on any atom is -0.444 e. The molecule has 0 radical (unpaired) electrons. The summed E-state index contributed by atoms with van der Waals surface area (Å²) in [7, 11) is 0. The lowest BCUT2D eigenvalue weighted by molar-refractivity contribution is -0.146. The van der Waals surface area contributed by atoms with Gasteiger partial charge in [-0.15, -0.1) is 0 Å². The molecule has 0 aromatic heterocycles. The van der Waals surface area contributed by atoms with E-state index in [4.69, 9.17) is 4.74 Å². The van der Waals surface area contributed by atoms with Crippen LogP contribution in [0.4, 0.5) is 4.79 Å². The van der Waals surface area contributed by atoms with Gasteiger partial charge in [0.25, 0.3) is 0 Å². The van der Waals surface area contributed by atoms with E-state index in [1.54, 1.807) is 25.7 Å². The average Bonchev–Trinajstić information content (AvgIpc) is 2.79. The molecule has 2 N–H and O–H groups in total. The maximum atomic E-state index is 14.3. The van der Waals surface area contributed by atoms with Crippen LogP contribution >= 0.6 is 0 Å². The fraction of sp³-hybridized carbons (Fsp3) is 0.690. The van der Waals surface area contributed by atoms with Crippen molar-refractivity contribution in [1.29, 1.82) is 0 Å². The van der Waals surface area contributed by atoms with Crippen molar-refractivity contribution in [2.45, 2.75) is 119 Å². The molecule has 0 aliphatic carbocycles. The predicted molar refractivity (Wildman–Crippen MR) is 146 cm³/mol. The highest BCUT2D eigenvalue weighted by atomic mass is 16.6. The highest BCUT2D eigenvalue weighted by Crippen LogP contribution is 2.31. The number of carbonyl (C=O) groups is 3. The van der Waals surface area contributed by atoms with Crippen molar-refractivity contribution in [3.05, 3.63) is 34.9 Å². The molecule has 0 spiro atoms. The minimum atomic E-state index is -0.825. The molecule has 1 rings (SSSR count). The van der Waals surface area contributed by atoms with E-state index < -0.39 is 23.8 Å². The van der Waals surface area contributed by atoms with Crippen LogP contribution in [0.15, 0.2) is 18.2 Å². The van der Waals surface area contributed by atoms with E-state index in [0.717, 1.165) is 29.5 Å². The Morgan fingerprint density at radius 1 is 1.00 bits per heavy atom. The number of rotatable bonds is 12. The molecule has 7 heteroatoms. The molecule has 1 aromatic carbocycles. The molecular formula is C29H49N3O4. The molecule has 7 nitrogen and oxygen atoms in total. The van der Waals surface area contributed by atoms with Crippen LogP contribution in [-0.2, 0) is 14.3 Å². The van der Waals surface area contributed by atoms with E-state index in [1.165, 1.54) is 0 Å². The van der Waals surface area contributed by atoms with Gasteiger partial charge in [0.1, 0.15) is 17.7 Å². The van der Waals surface area contributed by atoms with Gasteiger partial charge in [0.05, 0.1) is 0 Å². The van der Waals surface area contributed by atoms with Gasteiger partial charge in [-0.25, -0.2) is 4.79 Å². The van der Waals surface area contributed by atoms with Crippen LogP contribution in [0.5, 0.6) is 0 Å².